The lowest BCUT2D eigenvalue weighted by Gasteiger charge is -2.32. The minimum absolute atomic E-state index is 0.104. The Balaban J connectivity index is 1.36. The molecular formula is C42H53N5O6Si. The second-order valence-corrected chi connectivity index (χ2v) is 19.4. The molecule has 2 aliphatic heterocycles. The van der Waals surface area contributed by atoms with Crippen LogP contribution in [0.1, 0.15) is 69.7 Å². The molecule has 1 spiro atoms. The van der Waals surface area contributed by atoms with Crippen molar-refractivity contribution in [2.45, 2.75) is 89.8 Å². The number of aliphatic hydroxyl groups is 1. The number of amides is 1. The number of aryl methyl sites for hydroxylation is 1. The van der Waals surface area contributed by atoms with E-state index in [0.29, 0.717) is 36.5 Å². The molecule has 2 aliphatic rings. The fourth-order valence-electron chi connectivity index (χ4n) is 8.33. The molecule has 0 aliphatic carbocycles. The number of rotatable bonds is 14. The summed E-state index contributed by atoms with van der Waals surface area (Å²) in [5, 5.41) is 19.0. The topological polar surface area (TPSA) is 132 Å². The summed E-state index contributed by atoms with van der Waals surface area (Å²) < 4.78 is 15.7. The molecule has 2 aromatic heterocycles. The van der Waals surface area contributed by atoms with Gasteiger partial charge in [-0.2, -0.15) is 0 Å². The highest BCUT2D eigenvalue weighted by molar-refractivity contribution is 6.71. The summed E-state index contributed by atoms with van der Waals surface area (Å²) in [7, 11) is -1.47. The maximum Gasteiger partial charge on any atom is 0.297 e. The number of benzene rings is 2. The highest BCUT2D eigenvalue weighted by Gasteiger charge is 2.66. The largest absolute Gasteiger partial charge is 0.491 e. The summed E-state index contributed by atoms with van der Waals surface area (Å²) in [6.45, 7) is 12.8. The molecule has 11 nitrogen and oxygen atoms in total. The van der Waals surface area contributed by atoms with Crippen molar-refractivity contribution in [2.75, 3.05) is 25.2 Å². The highest BCUT2D eigenvalue weighted by atomic mass is 28.4. The summed E-state index contributed by atoms with van der Waals surface area (Å²) >= 11 is 0. The van der Waals surface area contributed by atoms with Gasteiger partial charge in [-0.05, 0) is 89.0 Å². The summed E-state index contributed by atoms with van der Waals surface area (Å²) in [6.07, 6.45) is 9.68. The molecule has 286 valence electrons. The molecular weight excluding hydrogens is 699 g/mol. The molecule has 4 aromatic rings. The van der Waals surface area contributed by atoms with Crippen LogP contribution in [0.5, 0.6) is 5.75 Å². The van der Waals surface area contributed by atoms with Gasteiger partial charge in [-0.15, -0.1) is 5.10 Å². The fourth-order valence-corrected chi connectivity index (χ4v) is 10.9. The maximum atomic E-state index is 15.0. The van der Waals surface area contributed by atoms with E-state index >= 15 is 4.79 Å². The van der Waals surface area contributed by atoms with Crippen LogP contribution in [-0.2, 0) is 21.7 Å². The van der Waals surface area contributed by atoms with Crippen molar-refractivity contribution in [3.63, 3.8) is 0 Å². The van der Waals surface area contributed by atoms with E-state index in [9.17, 15) is 14.7 Å². The molecule has 0 radical (unpaired) electrons. The molecule has 0 bridgehead atoms. The third-order valence-electron chi connectivity index (χ3n) is 11.0. The molecule has 0 saturated carbocycles. The number of carbonyl (C=O) groups is 1. The molecule has 1 fully saturated rings. The predicted octanol–water partition coefficient (Wildman–Crippen LogP) is 6.49. The first-order chi connectivity index (χ1) is 25.8. The van der Waals surface area contributed by atoms with Gasteiger partial charge in [0.05, 0.1) is 37.1 Å². The Labute approximate surface area is 318 Å². The van der Waals surface area contributed by atoms with Crippen molar-refractivity contribution in [2.24, 2.45) is 5.92 Å². The van der Waals surface area contributed by atoms with Crippen LogP contribution < -0.4 is 15.2 Å². The average Bonchev–Trinajstić information content (AvgIpc) is 3.80. The van der Waals surface area contributed by atoms with E-state index in [0.717, 1.165) is 24.1 Å². The zero-order valence-corrected chi connectivity index (χ0v) is 33.4. The monoisotopic (exact) mass is 751 g/mol. The number of fused-ring (bicyclic) bond motifs is 2. The van der Waals surface area contributed by atoms with Gasteiger partial charge < -0.3 is 24.3 Å². The van der Waals surface area contributed by atoms with Gasteiger partial charge >= 0.3 is 0 Å². The number of methoxy groups -OCH3 is 1. The first-order valence-corrected chi connectivity index (χ1v) is 21.8. The molecule has 6 rings (SSSR count). The standard InChI is InChI=1S/C42H53N5O6Si/c1-28(2)13-11-14-29(3)20-24-47-36-19-18-32(46-22-12-17-38(52-5)40(46)49)25-34(36)42(41(47)50)30(4)39(54(6,7)51)37(53-42)21-23-45-26-35(43-44-45)33(27-48)31-15-9-8-10-16-31/h8-10,12-13,15-20,22,25-26,30,33,37,39,48,51H,11,14,21,23-24,27H2,1-7H3/b29-20+/t30-,33?,37+,39-,42+/m0/s1. The molecule has 1 unspecified atom stereocenters. The Morgan fingerprint density at radius 3 is 2.52 bits per heavy atom. The third-order valence-corrected chi connectivity index (χ3v) is 13.5. The Bertz CT molecular complexity index is 2080. The van der Waals surface area contributed by atoms with Gasteiger partial charge in [0.25, 0.3) is 11.5 Å². The predicted molar refractivity (Wildman–Crippen MR) is 213 cm³/mol. The van der Waals surface area contributed by atoms with Gasteiger partial charge in [0.15, 0.2) is 19.7 Å². The van der Waals surface area contributed by atoms with E-state index in [1.54, 1.807) is 27.9 Å². The van der Waals surface area contributed by atoms with Gasteiger partial charge in [-0.1, -0.05) is 65.8 Å². The van der Waals surface area contributed by atoms with E-state index in [2.05, 4.69) is 43.2 Å². The van der Waals surface area contributed by atoms with E-state index < -0.39 is 20.0 Å². The zero-order valence-electron chi connectivity index (χ0n) is 32.4. The SMILES string of the molecule is COc1cccn(-c2ccc3c(c2)[C@@]2(O[C@H](CCn4cc(C(CO)c5ccccc5)nn4)[C@@H]([Si](C)(C)O)[C@@H]2C)C(=O)N3C/C=C(\C)CCC=C(C)C)c1=O. The van der Waals surface area contributed by atoms with Crippen molar-refractivity contribution >= 4 is 19.9 Å². The van der Waals surface area contributed by atoms with E-state index in [4.69, 9.17) is 9.47 Å². The highest BCUT2D eigenvalue weighted by Crippen LogP contribution is 2.60. The number of allylic oxidation sites excluding steroid dienone is 3. The van der Waals surface area contributed by atoms with Crippen LogP contribution in [0, 0.1) is 5.92 Å². The normalized spacial score (nSPS) is 21.8. The van der Waals surface area contributed by atoms with Crippen molar-refractivity contribution < 1.29 is 24.2 Å². The van der Waals surface area contributed by atoms with Gasteiger partial charge in [-0.25, -0.2) is 0 Å². The van der Waals surface area contributed by atoms with Gasteiger partial charge in [0, 0.05) is 48.2 Å². The smallest absolute Gasteiger partial charge is 0.297 e. The van der Waals surface area contributed by atoms with Crippen molar-refractivity contribution in [3.8, 4) is 11.4 Å². The quantitative estimate of drug-likeness (QED) is 0.111. The molecule has 5 atom stereocenters. The Hall–Kier alpha value is -4.62. The van der Waals surface area contributed by atoms with Crippen LogP contribution >= 0.6 is 0 Å². The number of hydrogen-bond donors (Lipinski definition) is 2. The minimum Gasteiger partial charge on any atom is -0.491 e. The van der Waals surface area contributed by atoms with Crippen LogP contribution in [0.4, 0.5) is 5.69 Å². The van der Waals surface area contributed by atoms with E-state index in [1.165, 1.54) is 22.8 Å². The Kier molecular flexibility index (Phi) is 11.6. The molecule has 1 saturated heterocycles. The molecule has 2 N–H and O–H groups in total. The Morgan fingerprint density at radius 2 is 1.83 bits per heavy atom. The number of aromatic nitrogens is 4. The number of nitrogens with zero attached hydrogens (tertiary/aromatic N) is 5. The summed E-state index contributed by atoms with van der Waals surface area (Å²) in [6, 6.07) is 18.7. The number of pyridine rings is 1. The van der Waals surface area contributed by atoms with Gasteiger partial charge in [0.2, 0.25) is 0 Å². The summed E-state index contributed by atoms with van der Waals surface area (Å²) in [5.41, 5.74) is 4.08. The number of aliphatic hydroxyl groups excluding tert-OH is 1. The van der Waals surface area contributed by atoms with Crippen molar-refractivity contribution in [1.29, 1.82) is 0 Å². The number of ether oxygens (including phenoxy) is 2. The minimum atomic E-state index is -2.94. The maximum absolute atomic E-state index is 15.0. The lowest BCUT2D eigenvalue weighted by Crippen LogP contribution is -2.46. The Morgan fingerprint density at radius 1 is 1.07 bits per heavy atom. The lowest BCUT2D eigenvalue weighted by molar-refractivity contribution is -0.145. The number of anilines is 1. The van der Waals surface area contributed by atoms with Gasteiger partial charge in [-0.3, -0.25) is 18.8 Å². The van der Waals surface area contributed by atoms with Crippen molar-refractivity contribution in [1.82, 2.24) is 19.6 Å². The van der Waals surface area contributed by atoms with Crippen LogP contribution in [-0.4, -0.2) is 70.1 Å². The number of hydrogen-bond acceptors (Lipinski definition) is 8. The fraction of sp³-hybridized carbons (Fsp3) is 0.429. The summed E-state index contributed by atoms with van der Waals surface area (Å²) in [5.74, 6) is -0.648. The first kappa shape index (κ1) is 39.1. The molecule has 2 aromatic carbocycles. The van der Waals surface area contributed by atoms with E-state index in [-0.39, 0.29) is 41.2 Å². The number of carbonyl (C=O) groups excluding carboxylic acids is 1. The second kappa shape index (κ2) is 16.0. The average molecular weight is 752 g/mol. The van der Waals surface area contributed by atoms with Crippen molar-refractivity contribution in [3.05, 3.63) is 124 Å². The van der Waals surface area contributed by atoms with Crippen LogP contribution in [0.3, 0.4) is 0 Å². The lowest BCUT2D eigenvalue weighted by atomic mass is 9.82. The summed E-state index contributed by atoms with van der Waals surface area (Å²) in [4.78, 5) is 42.0. The van der Waals surface area contributed by atoms with E-state index in [1.807, 2.05) is 74.7 Å². The van der Waals surface area contributed by atoms with Gasteiger partial charge in [0.1, 0.15) is 0 Å². The molecule has 4 heterocycles. The first-order valence-electron chi connectivity index (χ1n) is 18.8. The second-order valence-electron chi connectivity index (χ2n) is 15.4. The molecule has 12 heteroatoms. The van der Waals surface area contributed by atoms with Crippen LogP contribution in [0.25, 0.3) is 5.69 Å². The third kappa shape index (κ3) is 7.52. The van der Waals surface area contributed by atoms with Crippen LogP contribution in [0.2, 0.25) is 18.6 Å². The molecule has 54 heavy (non-hydrogen) atoms. The van der Waals surface area contributed by atoms with Crippen LogP contribution in [0.15, 0.2) is 101 Å². The zero-order chi connectivity index (χ0) is 38.8. The molecule has 1 amide bonds.